The normalized spacial score (nSPS) is 17.0. The molecule has 3 heteroatoms. The van der Waals surface area contributed by atoms with Crippen LogP contribution in [0, 0.1) is 12.3 Å². The molecule has 0 radical (unpaired) electrons. The Bertz CT molecular complexity index is 444. The average molecular weight is 247 g/mol. The van der Waals surface area contributed by atoms with Gasteiger partial charge in [0.25, 0.3) is 0 Å². The number of carbonyl (C=O) groups is 1. The molecule has 0 heterocycles. The number of hydrogen-bond acceptors (Lipinski definition) is 2. The Labute approximate surface area is 108 Å². The van der Waals surface area contributed by atoms with E-state index in [0.29, 0.717) is 11.0 Å². The van der Waals surface area contributed by atoms with E-state index in [1.165, 1.54) is 19.3 Å². The molecular weight excluding hydrogens is 226 g/mol. The Morgan fingerprint density at radius 3 is 2.67 bits per heavy atom. The lowest BCUT2D eigenvalue weighted by atomic mass is 9.67. The molecule has 1 aliphatic carbocycles. The van der Waals surface area contributed by atoms with Crippen LogP contribution in [-0.4, -0.2) is 17.6 Å². The van der Waals surface area contributed by atoms with Gasteiger partial charge in [-0.15, -0.1) is 0 Å². The van der Waals surface area contributed by atoms with E-state index in [2.05, 4.69) is 12.2 Å². The molecule has 3 nitrogen and oxygen atoms in total. The van der Waals surface area contributed by atoms with Crippen molar-refractivity contribution in [1.82, 2.24) is 0 Å². The van der Waals surface area contributed by atoms with Crippen LogP contribution >= 0.6 is 0 Å². The Balaban J connectivity index is 2.12. The van der Waals surface area contributed by atoms with Gasteiger partial charge in [-0.3, -0.25) is 0 Å². The summed E-state index contributed by atoms with van der Waals surface area (Å²) in [6, 6.07) is 5.44. The average Bonchev–Trinajstić information content (AvgIpc) is 2.28. The molecule has 98 valence electrons. The van der Waals surface area contributed by atoms with Crippen molar-refractivity contribution in [1.29, 1.82) is 0 Å². The molecule has 1 aliphatic rings. The van der Waals surface area contributed by atoms with Crippen LogP contribution in [0.5, 0.6) is 0 Å². The van der Waals surface area contributed by atoms with Crippen LogP contribution in [0.15, 0.2) is 18.2 Å². The summed E-state index contributed by atoms with van der Waals surface area (Å²) in [7, 11) is 0. The number of rotatable bonds is 5. The Hall–Kier alpha value is -1.51. The van der Waals surface area contributed by atoms with Crippen LogP contribution in [0.2, 0.25) is 0 Å². The third-order valence-corrected chi connectivity index (χ3v) is 4.22. The molecular formula is C15H21NO2. The molecule has 1 saturated carbocycles. The number of nitrogens with one attached hydrogen (secondary N) is 1. The second-order valence-corrected chi connectivity index (χ2v) is 5.41. The molecule has 1 fully saturated rings. The first kappa shape index (κ1) is 12.9. The fraction of sp³-hybridized carbons (Fsp3) is 0.533. The van der Waals surface area contributed by atoms with Gasteiger partial charge in [-0.1, -0.05) is 19.4 Å². The molecule has 0 unspecified atom stereocenters. The minimum Gasteiger partial charge on any atom is -0.478 e. The third kappa shape index (κ3) is 2.50. The standard InChI is InChI=1S/C15H21NO2/c1-3-15(7-4-8-15)10-16-13-9-11(2)5-6-12(13)14(17)18/h5-6,9,16H,3-4,7-8,10H2,1-2H3,(H,17,18). The predicted molar refractivity (Wildman–Crippen MR) is 73.2 cm³/mol. The summed E-state index contributed by atoms with van der Waals surface area (Å²) in [5.74, 6) is -0.864. The first-order valence-corrected chi connectivity index (χ1v) is 6.64. The maximum Gasteiger partial charge on any atom is 0.337 e. The smallest absolute Gasteiger partial charge is 0.337 e. The van der Waals surface area contributed by atoms with E-state index in [1.807, 2.05) is 19.1 Å². The molecule has 0 saturated heterocycles. The maximum absolute atomic E-state index is 11.2. The van der Waals surface area contributed by atoms with Crippen molar-refractivity contribution in [3.05, 3.63) is 29.3 Å². The topological polar surface area (TPSA) is 49.3 Å². The van der Waals surface area contributed by atoms with Gasteiger partial charge in [-0.2, -0.15) is 0 Å². The second-order valence-electron chi connectivity index (χ2n) is 5.41. The number of hydrogen-bond donors (Lipinski definition) is 2. The van der Waals surface area contributed by atoms with Gasteiger partial charge < -0.3 is 10.4 Å². The van der Waals surface area contributed by atoms with Crippen LogP contribution < -0.4 is 5.32 Å². The van der Waals surface area contributed by atoms with E-state index in [-0.39, 0.29) is 0 Å². The van der Waals surface area contributed by atoms with E-state index < -0.39 is 5.97 Å². The second kappa shape index (κ2) is 5.01. The van der Waals surface area contributed by atoms with Crippen molar-refractivity contribution >= 4 is 11.7 Å². The molecule has 1 aromatic carbocycles. The van der Waals surface area contributed by atoms with Gasteiger partial charge in [-0.25, -0.2) is 4.79 Å². The molecule has 0 atom stereocenters. The molecule has 2 N–H and O–H groups in total. The van der Waals surface area contributed by atoms with Crippen LogP contribution in [0.1, 0.15) is 48.5 Å². The van der Waals surface area contributed by atoms with Gasteiger partial charge in [0.15, 0.2) is 0 Å². The highest BCUT2D eigenvalue weighted by Gasteiger charge is 2.34. The van der Waals surface area contributed by atoms with E-state index in [1.54, 1.807) is 6.07 Å². The molecule has 1 aromatic rings. The summed E-state index contributed by atoms with van der Waals surface area (Å²) >= 11 is 0. The highest BCUT2D eigenvalue weighted by atomic mass is 16.4. The zero-order valence-corrected chi connectivity index (χ0v) is 11.1. The number of carboxylic acid groups (broad SMARTS) is 1. The Morgan fingerprint density at radius 2 is 2.17 bits per heavy atom. The molecule has 18 heavy (non-hydrogen) atoms. The maximum atomic E-state index is 11.2. The van der Waals surface area contributed by atoms with Gasteiger partial charge in [0.05, 0.1) is 5.56 Å². The zero-order chi connectivity index (χ0) is 13.2. The molecule has 0 aliphatic heterocycles. The molecule has 0 spiro atoms. The summed E-state index contributed by atoms with van der Waals surface area (Å²) < 4.78 is 0. The fourth-order valence-electron chi connectivity index (χ4n) is 2.61. The number of anilines is 1. The van der Waals surface area contributed by atoms with E-state index in [9.17, 15) is 9.90 Å². The quantitative estimate of drug-likeness (QED) is 0.834. The SMILES string of the molecule is CCC1(CNc2cc(C)ccc2C(=O)O)CCC1. The predicted octanol–water partition coefficient (Wildman–Crippen LogP) is 3.69. The monoisotopic (exact) mass is 247 g/mol. The van der Waals surface area contributed by atoms with Crippen molar-refractivity contribution < 1.29 is 9.90 Å². The summed E-state index contributed by atoms with van der Waals surface area (Å²) in [4.78, 5) is 11.2. The Kier molecular flexibility index (Phi) is 3.60. The van der Waals surface area contributed by atoms with Crippen molar-refractivity contribution in [2.45, 2.75) is 39.5 Å². The van der Waals surface area contributed by atoms with Crippen LogP contribution in [-0.2, 0) is 0 Å². The third-order valence-electron chi connectivity index (χ3n) is 4.22. The van der Waals surface area contributed by atoms with Crippen LogP contribution in [0.25, 0.3) is 0 Å². The molecule has 0 bridgehead atoms. The highest BCUT2D eigenvalue weighted by molar-refractivity contribution is 5.94. The number of aryl methyl sites for hydroxylation is 1. The van der Waals surface area contributed by atoms with Gasteiger partial charge in [-0.05, 0) is 49.3 Å². The summed E-state index contributed by atoms with van der Waals surface area (Å²) in [5.41, 5.74) is 2.59. The van der Waals surface area contributed by atoms with E-state index in [0.717, 1.165) is 24.2 Å². The van der Waals surface area contributed by atoms with E-state index >= 15 is 0 Å². The van der Waals surface area contributed by atoms with Crippen molar-refractivity contribution in [3.63, 3.8) is 0 Å². The fourth-order valence-corrected chi connectivity index (χ4v) is 2.61. The number of aromatic carboxylic acids is 1. The van der Waals surface area contributed by atoms with Crippen LogP contribution in [0.3, 0.4) is 0 Å². The number of carboxylic acids is 1. The van der Waals surface area contributed by atoms with Crippen molar-refractivity contribution in [2.24, 2.45) is 5.41 Å². The van der Waals surface area contributed by atoms with Gasteiger partial charge in [0, 0.05) is 12.2 Å². The lowest BCUT2D eigenvalue weighted by Gasteiger charge is -2.41. The molecule has 0 aromatic heterocycles. The minimum atomic E-state index is -0.864. The highest BCUT2D eigenvalue weighted by Crippen LogP contribution is 2.43. The van der Waals surface area contributed by atoms with E-state index in [4.69, 9.17) is 0 Å². The van der Waals surface area contributed by atoms with Gasteiger partial charge in [0.2, 0.25) is 0 Å². The summed E-state index contributed by atoms with van der Waals surface area (Å²) in [5, 5.41) is 12.5. The lowest BCUT2D eigenvalue weighted by molar-refractivity contribution is 0.0697. The van der Waals surface area contributed by atoms with Gasteiger partial charge in [0.1, 0.15) is 0 Å². The number of benzene rings is 1. The first-order chi connectivity index (χ1) is 8.56. The van der Waals surface area contributed by atoms with Crippen molar-refractivity contribution in [3.8, 4) is 0 Å². The first-order valence-electron chi connectivity index (χ1n) is 6.64. The summed E-state index contributed by atoms with van der Waals surface area (Å²) in [6.07, 6.45) is 4.97. The Morgan fingerprint density at radius 1 is 1.44 bits per heavy atom. The molecule has 2 rings (SSSR count). The van der Waals surface area contributed by atoms with Gasteiger partial charge >= 0.3 is 5.97 Å². The largest absolute Gasteiger partial charge is 0.478 e. The lowest BCUT2D eigenvalue weighted by Crippen LogP contribution is -2.36. The van der Waals surface area contributed by atoms with Crippen molar-refractivity contribution in [2.75, 3.05) is 11.9 Å². The van der Waals surface area contributed by atoms with Crippen LogP contribution in [0.4, 0.5) is 5.69 Å². The minimum absolute atomic E-state index is 0.367. The summed E-state index contributed by atoms with van der Waals surface area (Å²) in [6.45, 7) is 5.08. The zero-order valence-electron chi connectivity index (χ0n) is 11.1. The molecule has 0 amide bonds.